The number of aryl methyl sites for hydroxylation is 1. The molecular weight excluding hydrogens is 363 g/mol. The fraction of sp³-hybridized carbons (Fsp3) is 0.478. The minimum atomic E-state index is -4.40. The molecule has 2 nitrogen and oxygen atoms in total. The summed E-state index contributed by atoms with van der Waals surface area (Å²) in [5.74, 6) is 0. The van der Waals surface area contributed by atoms with Crippen molar-refractivity contribution in [2.24, 2.45) is 0 Å². The van der Waals surface area contributed by atoms with Gasteiger partial charge in [0.15, 0.2) is 0 Å². The van der Waals surface area contributed by atoms with E-state index in [1.807, 2.05) is 18.2 Å². The summed E-state index contributed by atoms with van der Waals surface area (Å²) in [6, 6.07) is 14.4. The second kappa shape index (κ2) is 7.20. The maximum Gasteiger partial charge on any atom is 0.416 e. The van der Waals surface area contributed by atoms with E-state index in [4.69, 9.17) is 0 Å². The van der Waals surface area contributed by atoms with E-state index in [2.05, 4.69) is 17.0 Å². The largest absolute Gasteiger partial charge is 0.416 e. The van der Waals surface area contributed by atoms with Crippen LogP contribution in [0.2, 0.25) is 0 Å². The van der Waals surface area contributed by atoms with Gasteiger partial charge in [0, 0.05) is 18.6 Å². The fourth-order valence-electron chi connectivity index (χ4n) is 5.09. The van der Waals surface area contributed by atoms with Crippen LogP contribution in [0.25, 0.3) is 0 Å². The molecule has 2 heterocycles. The molecule has 2 bridgehead atoms. The number of benzene rings is 2. The van der Waals surface area contributed by atoms with Crippen molar-refractivity contribution in [2.45, 2.75) is 69.4 Å². The molecule has 0 spiro atoms. The highest BCUT2D eigenvalue weighted by atomic mass is 19.4. The van der Waals surface area contributed by atoms with Gasteiger partial charge in [0.1, 0.15) is 0 Å². The van der Waals surface area contributed by atoms with Gasteiger partial charge in [0.05, 0.1) is 11.2 Å². The third-order valence-electron chi connectivity index (χ3n) is 6.43. The van der Waals surface area contributed by atoms with E-state index in [9.17, 15) is 18.3 Å². The van der Waals surface area contributed by atoms with Gasteiger partial charge in [-0.3, -0.25) is 4.90 Å². The molecule has 1 N–H and O–H groups in total. The molecule has 2 atom stereocenters. The number of aliphatic hydroxyl groups is 1. The molecule has 0 radical (unpaired) electrons. The van der Waals surface area contributed by atoms with Crippen LogP contribution in [-0.2, 0) is 18.3 Å². The van der Waals surface area contributed by atoms with Gasteiger partial charge in [-0.05, 0) is 61.4 Å². The van der Waals surface area contributed by atoms with E-state index in [-0.39, 0.29) is 12.1 Å². The summed E-state index contributed by atoms with van der Waals surface area (Å²) < 4.78 is 39.7. The molecule has 2 aromatic rings. The lowest BCUT2D eigenvalue weighted by molar-refractivity contribution is -0.138. The number of rotatable bonds is 3. The van der Waals surface area contributed by atoms with E-state index in [0.29, 0.717) is 18.4 Å². The molecule has 150 valence electrons. The lowest BCUT2D eigenvalue weighted by Gasteiger charge is -2.52. The van der Waals surface area contributed by atoms with Crippen LogP contribution in [0, 0.1) is 6.92 Å². The van der Waals surface area contributed by atoms with Crippen LogP contribution in [0.1, 0.15) is 54.4 Å². The van der Waals surface area contributed by atoms with Gasteiger partial charge in [0.2, 0.25) is 0 Å². The minimum Gasteiger partial charge on any atom is -0.385 e. The average Bonchev–Trinajstić information content (AvgIpc) is 2.63. The van der Waals surface area contributed by atoms with Crippen molar-refractivity contribution in [3.05, 3.63) is 70.8 Å². The van der Waals surface area contributed by atoms with Crippen LogP contribution in [0.3, 0.4) is 0 Å². The summed E-state index contributed by atoms with van der Waals surface area (Å²) in [7, 11) is 0. The van der Waals surface area contributed by atoms with Gasteiger partial charge >= 0.3 is 6.18 Å². The second-order valence-corrected chi connectivity index (χ2v) is 8.36. The molecule has 0 amide bonds. The predicted molar refractivity (Wildman–Crippen MR) is 103 cm³/mol. The number of fused-ring (bicyclic) bond motifs is 2. The van der Waals surface area contributed by atoms with Crippen molar-refractivity contribution in [3.8, 4) is 0 Å². The minimum absolute atomic E-state index is 0.187. The third kappa shape index (κ3) is 3.70. The van der Waals surface area contributed by atoms with Gasteiger partial charge in [-0.25, -0.2) is 0 Å². The Balaban J connectivity index is 1.63. The molecule has 5 heteroatoms. The van der Waals surface area contributed by atoms with Crippen LogP contribution in [0.15, 0.2) is 48.5 Å². The molecule has 2 aliphatic heterocycles. The summed E-state index contributed by atoms with van der Waals surface area (Å²) in [6.07, 6.45) is -0.370. The van der Waals surface area contributed by atoms with Crippen LogP contribution in [0.4, 0.5) is 13.2 Å². The first-order chi connectivity index (χ1) is 13.3. The van der Waals surface area contributed by atoms with Crippen molar-refractivity contribution < 1.29 is 18.3 Å². The Labute approximate surface area is 164 Å². The summed E-state index contributed by atoms with van der Waals surface area (Å²) in [4.78, 5) is 2.45. The molecule has 2 saturated heterocycles. The average molecular weight is 389 g/mol. The molecule has 0 aliphatic carbocycles. The summed E-state index contributed by atoms with van der Waals surface area (Å²) in [5.41, 5.74) is 0.524. The second-order valence-electron chi connectivity index (χ2n) is 8.36. The fourth-order valence-corrected chi connectivity index (χ4v) is 5.09. The Morgan fingerprint density at radius 2 is 1.68 bits per heavy atom. The van der Waals surface area contributed by atoms with Crippen LogP contribution < -0.4 is 0 Å². The number of halogens is 3. The standard InChI is InChI=1S/C23H26F3NO/c1-16-10-11-18(23(24,25)26)12-21(16)22(28)13-19-8-5-9-20(14-22)27(19)15-17-6-3-2-4-7-17/h2-4,6-7,10-12,19-20,28H,5,8-9,13-15H2,1H3. The molecule has 4 rings (SSSR count). The van der Waals surface area contributed by atoms with Gasteiger partial charge in [-0.2, -0.15) is 13.2 Å². The monoisotopic (exact) mass is 389 g/mol. The van der Waals surface area contributed by atoms with Crippen molar-refractivity contribution in [1.82, 2.24) is 4.90 Å². The summed E-state index contributed by atoms with van der Waals surface area (Å²) in [6.45, 7) is 2.62. The lowest BCUT2D eigenvalue weighted by atomic mass is 9.71. The quantitative estimate of drug-likeness (QED) is 0.758. The first-order valence-electron chi connectivity index (χ1n) is 9.97. The molecule has 2 fully saturated rings. The lowest BCUT2D eigenvalue weighted by Crippen LogP contribution is -2.56. The number of piperidine rings is 2. The highest BCUT2D eigenvalue weighted by Gasteiger charge is 2.47. The number of alkyl halides is 3. The smallest absolute Gasteiger partial charge is 0.385 e. The highest BCUT2D eigenvalue weighted by Crippen LogP contribution is 2.46. The van der Waals surface area contributed by atoms with Gasteiger partial charge < -0.3 is 5.11 Å². The predicted octanol–water partition coefficient (Wildman–Crippen LogP) is 5.42. The SMILES string of the molecule is Cc1ccc(C(F)(F)F)cc1C1(O)CC2CCCC(C1)N2Cc1ccccc1. The Kier molecular flexibility index (Phi) is 5.00. The molecule has 2 unspecified atom stereocenters. The summed E-state index contributed by atoms with van der Waals surface area (Å²) in [5, 5.41) is 11.5. The third-order valence-corrected chi connectivity index (χ3v) is 6.43. The van der Waals surface area contributed by atoms with Crippen molar-refractivity contribution in [1.29, 1.82) is 0 Å². The van der Waals surface area contributed by atoms with E-state index in [1.54, 1.807) is 6.92 Å². The Morgan fingerprint density at radius 1 is 1.04 bits per heavy atom. The zero-order chi connectivity index (χ0) is 19.9. The Morgan fingerprint density at radius 3 is 2.29 bits per heavy atom. The van der Waals surface area contributed by atoms with Gasteiger partial charge in [0.25, 0.3) is 0 Å². The number of hydrogen-bond donors (Lipinski definition) is 1. The molecule has 0 saturated carbocycles. The Bertz CT molecular complexity index is 819. The first kappa shape index (κ1) is 19.5. The number of hydrogen-bond acceptors (Lipinski definition) is 2. The van der Waals surface area contributed by atoms with Crippen molar-refractivity contribution in [2.75, 3.05) is 0 Å². The van der Waals surface area contributed by atoms with Gasteiger partial charge in [-0.1, -0.05) is 42.8 Å². The van der Waals surface area contributed by atoms with E-state index >= 15 is 0 Å². The Hall–Kier alpha value is -1.85. The van der Waals surface area contributed by atoms with Crippen molar-refractivity contribution in [3.63, 3.8) is 0 Å². The van der Waals surface area contributed by atoms with Crippen LogP contribution in [0.5, 0.6) is 0 Å². The molecule has 2 aromatic carbocycles. The maximum absolute atomic E-state index is 13.2. The zero-order valence-corrected chi connectivity index (χ0v) is 16.0. The van der Waals surface area contributed by atoms with Crippen LogP contribution in [-0.4, -0.2) is 22.1 Å². The van der Waals surface area contributed by atoms with Crippen LogP contribution >= 0.6 is 0 Å². The molecular formula is C23H26F3NO. The summed E-state index contributed by atoms with van der Waals surface area (Å²) >= 11 is 0. The normalized spacial score (nSPS) is 28.3. The maximum atomic E-state index is 13.2. The first-order valence-corrected chi connectivity index (χ1v) is 9.97. The number of nitrogens with zero attached hydrogens (tertiary/aromatic N) is 1. The zero-order valence-electron chi connectivity index (χ0n) is 16.0. The van der Waals surface area contributed by atoms with Gasteiger partial charge in [-0.15, -0.1) is 0 Å². The van der Waals surface area contributed by atoms with E-state index in [0.717, 1.165) is 43.5 Å². The van der Waals surface area contributed by atoms with E-state index in [1.165, 1.54) is 11.6 Å². The topological polar surface area (TPSA) is 23.5 Å². The molecule has 2 aliphatic rings. The highest BCUT2D eigenvalue weighted by molar-refractivity contribution is 5.37. The van der Waals surface area contributed by atoms with E-state index < -0.39 is 17.3 Å². The van der Waals surface area contributed by atoms with Crippen molar-refractivity contribution >= 4 is 0 Å². The molecule has 0 aromatic heterocycles. The molecule has 28 heavy (non-hydrogen) atoms.